The summed E-state index contributed by atoms with van der Waals surface area (Å²) in [6.45, 7) is 2.48. The smallest absolute Gasteiger partial charge is 0.238 e. The zero-order valence-corrected chi connectivity index (χ0v) is 8.31. The molecule has 2 N–H and O–H groups in total. The molecule has 0 atom stereocenters. The molecule has 3 nitrogen and oxygen atoms in total. The lowest BCUT2D eigenvalue weighted by Crippen LogP contribution is -2.28. The van der Waals surface area contributed by atoms with Crippen molar-refractivity contribution in [2.24, 2.45) is 0 Å². The highest BCUT2D eigenvalue weighted by Gasteiger charge is 2.10. The third-order valence-electron chi connectivity index (χ3n) is 1.76. The van der Waals surface area contributed by atoms with Gasteiger partial charge in [-0.15, -0.1) is 0 Å². The molecular weight excluding hydrogens is 202 g/mol. The van der Waals surface area contributed by atoms with Crippen molar-refractivity contribution in [3.05, 3.63) is 29.8 Å². The van der Waals surface area contributed by atoms with E-state index in [9.17, 15) is 13.6 Å². The highest BCUT2D eigenvalue weighted by Crippen LogP contribution is 2.17. The van der Waals surface area contributed by atoms with E-state index in [1.807, 2.05) is 6.92 Å². The van der Waals surface area contributed by atoms with Crippen molar-refractivity contribution in [1.82, 2.24) is 5.32 Å². The molecule has 0 heterocycles. The summed E-state index contributed by atoms with van der Waals surface area (Å²) in [7, 11) is 0. The molecule has 15 heavy (non-hydrogen) atoms. The summed E-state index contributed by atoms with van der Waals surface area (Å²) in [4.78, 5) is 11.2. The number of carbonyl (C=O) groups is 1. The van der Waals surface area contributed by atoms with Crippen LogP contribution in [-0.4, -0.2) is 19.0 Å². The monoisotopic (exact) mass is 214 g/mol. The minimum atomic E-state index is -0.778. The zero-order chi connectivity index (χ0) is 11.3. The summed E-state index contributed by atoms with van der Waals surface area (Å²) in [5, 5.41) is 4.91. The Morgan fingerprint density at radius 3 is 2.47 bits per heavy atom. The Morgan fingerprint density at radius 1 is 1.33 bits per heavy atom. The Hall–Kier alpha value is -1.49. The molecule has 82 valence electrons. The van der Waals surface area contributed by atoms with Gasteiger partial charge in [-0.05, 0) is 18.7 Å². The number of rotatable bonds is 4. The first-order valence-corrected chi connectivity index (χ1v) is 4.59. The second kappa shape index (κ2) is 5.41. The lowest BCUT2D eigenvalue weighted by atomic mass is 10.3. The molecule has 1 aromatic rings. The van der Waals surface area contributed by atoms with Gasteiger partial charge in [0.2, 0.25) is 5.91 Å². The second-order valence-corrected chi connectivity index (χ2v) is 2.93. The fraction of sp³-hybridized carbons (Fsp3) is 0.300. The molecule has 0 aliphatic rings. The predicted molar refractivity (Wildman–Crippen MR) is 53.5 cm³/mol. The van der Waals surface area contributed by atoms with Gasteiger partial charge in [0.25, 0.3) is 0 Å². The average Bonchev–Trinajstić information content (AvgIpc) is 2.21. The molecule has 0 spiro atoms. The molecule has 0 aromatic heterocycles. The number of para-hydroxylation sites is 1. The molecule has 0 fully saturated rings. The summed E-state index contributed by atoms with van der Waals surface area (Å²) in [6.07, 6.45) is 0. The summed E-state index contributed by atoms with van der Waals surface area (Å²) < 4.78 is 26.1. The molecule has 0 saturated carbocycles. The van der Waals surface area contributed by atoms with Gasteiger partial charge >= 0.3 is 0 Å². The Morgan fingerprint density at radius 2 is 1.93 bits per heavy atom. The van der Waals surface area contributed by atoms with Crippen molar-refractivity contribution in [3.63, 3.8) is 0 Å². The minimum absolute atomic E-state index is 0.0320. The lowest BCUT2D eigenvalue weighted by Gasteiger charge is -2.07. The van der Waals surface area contributed by atoms with Crippen LogP contribution in [0.3, 0.4) is 0 Å². The minimum Gasteiger partial charge on any atom is -0.320 e. The van der Waals surface area contributed by atoms with Gasteiger partial charge < -0.3 is 10.6 Å². The first-order valence-electron chi connectivity index (χ1n) is 4.59. The maximum Gasteiger partial charge on any atom is 0.238 e. The third-order valence-corrected chi connectivity index (χ3v) is 1.76. The zero-order valence-electron chi connectivity index (χ0n) is 8.31. The van der Waals surface area contributed by atoms with Crippen LogP contribution in [-0.2, 0) is 4.79 Å². The van der Waals surface area contributed by atoms with Crippen LogP contribution in [0.15, 0.2) is 18.2 Å². The number of carbonyl (C=O) groups excluding carboxylic acids is 1. The maximum absolute atomic E-state index is 13.1. The quantitative estimate of drug-likeness (QED) is 0.797. The number of amides is 1. The van der Waals surface area contributed by atoms with Crippen LogP contribution in [0.4, 0.5) is 14.5 Å². The molecule has 0 aliphatic carbocycles. The maximum atomic E-state index is 13.1. The van der Waals surface area contributed by atoms with Crippen LogP contribution in [0.5, 0.6) is 0 Å². The van der Waals surface area contributed by atoms with E-state index in [0.717, 1.165) is 12.1 Å². The predicted octanol–water partition coefficient (Wildman–Crippen LogP) is 1.51. The Labute approximate surface area is 86.5 Å². The third kappa shape index (κ3) is 3.28. The van der Waals surface area contributed by atoms with E-state index < -0.39 is 23.2 Å². The number of nitrogens with one attached hydrogen (secondary N) is 2. The standard InChI is InChI=1S/C10H12F2N2O/c1-2-13-6-9(15)14-10-7(11)4-3-5-8(10)12/h3-5,13H,2,6H2,1H3,(H,14,15). The van der Waals surface area contributed by atoms with Crippen molar-refractivity contribution in [3.8, 4) is 0 Å². The van der Waals surface area contributed by atoms with E-state index in [1.165, 1.54) is 6.07 Å². The van der Waals surface area contributed by atoms with E-state index >= 15 is 0 Å². The van der Waals surface area contributed by atoms with Crippen LogP contribution in [0.25, 0.3) is 0 Å². The van der Waals surface area contributed by atoms with Gasteiger partial charge in [0.05, 0.1) is 6.54 Å². The average molecular weight is 214 g/mol. The summed E-state index contributed by atoms with van der Waals surface area (Å²) in [5.41, 5.74) is -0.402. The molecule has 1 aromatic carbocycles. The van der Waals surface area contributed by atoms with Crippen molar-refractivity contribution in [2.45, 2.75) is 6.92 Å². The van der Waals surface area contributed by atoms with E-state index in [0.29, 0.717) is 6.54 Å². The molecule has 0 saturated heterocycles. The van der Waals surface area contributed by atoms with Gasteiger partial charge in [-0.1, -0.05) is 13.0 Å². The highest BCUT2D eigenvalue weighted by atomic mass is 19.1. The van der Waals surface area contributed by atoms with Gasteiger partial charge in [-0.3, -0.25) is 4.79 Å². The highest BCUT2D eigenvalue weighted by molar-refractivity contribution is 5.92. The van der Waals surface area contributed by atoms with E-state index in [-0.39, 0.29) is 6.54 Å². The number of likely N-dealkylation sites (N-methyl/N-ethyl adjacent to an activating group) is 1. The fourth-order valence-corrected chi connectivity index (χ4v) is 1.04. The Kier molecular flexibility index (Phi) is 4.17. The van der Waals surface area contributed by atoms with E-state index in [4.69, 9.17) is 0 Å². The van der Waals surface area contributed by atoms with Gasteiger partial charge in [0.1, 0.15) is 17.3 Å². The van der Waals surface area contributed by atoms with Crippen LogP contribution >= 0.6 is 0 Å². The summed E-state index contributed by atoms with van der Waals surface area (Å²) in [5.74, 6) is -2.03. The topological polar surface area (TPSA) is 41.1 Å². The van der Waals surface area contributed by atoms with Crippen LogP contribution < -0.4 is 10.6 Å². The number of hydrogen-bond donors (Lipinski definition) is 2. The van der Waals surface area contributed by atoms with E-state index in [2.05, 4.69) is 10.6 Å². The fourth-order valence-electron chi connectivity index (χ4n) is 1.04. The molecule has 0 unspecified atom stereocenters. The van der Waals surface area contributed by atoms with Crippen molar-refractivity contribution >= 4 is 11.6 Å². The Bertz CT molecular complexity index is 335. The first kappa shape index (κ1) is 11.6. The molecule has 0 aliphatic heterocycles. The molecule has 5 heteroatoms. The first-order chi connectivity index (χ1) is 7.15. The SMILES string of the molecule is CCNCC(=O)Nc1c(F)cccc1F. The second-order valence-electron chi connectivity index (χ2n) is 2.93. The van der Waals surface area contributed by atoms with Gasteiger partial charge in [-0.25, -0.2) is 8.78 Å². The van der Waals surface area contributed by atoms with E-state index in [1.54, 1.807) is 0 Å². The molecule has 1 amide bonds. The van der Waals surface area contributed by atoms with Crippen molar-refractivity contribution in [2.75, 3.05) is 18.4 Å². The number of benzene rings is 1. The lowest BCUT2D eigenvalue weighted by molar-refractivity contribution is -0.115. The Balaban J connectivity index is 2.68. The molecular formula is C10H12F2N2O. The van der Waals surface area contributed by atoms with Gasteiger partial charge in [0.15, 0.2) is 0 Å². The summed E-state index contributed by atoms with van der Waals surface area (Å²) in [6, 6.07) is 3.42. The molecule has 0 radical (unpaired) electrons. The largest absolute Gasteiger partial charge is 0.320 e. The summed E-state index contributed by atoms with van der Waals surface area (Å²) >= 11 is 0. The number of halogens is 2. The normalized spacial score (nSPS) is 10.1. The molecule has 1 rings (SSSR count). The number of anilines is 1. The van der Waals surface area contributed by atoms with Gasteiger partial charge in [-0.2, -0.15) is 0 Å². The van der Waals surface area contributed by atoms with Crippen LogP contribution in [0.1, 0.15) is 6.92 Å². The number of hydrogen-bond acceptors (Lipinski definition) is 2. The van der Waals surface area contributed by atoms with Gasteiger partial charge in [0, 0.05) is 0 Å². The van der Waals surface area contributed by atoms with Crippen molar-refractivity contribution < 1.29 is 13.6 Å². The van der Waals surface area contributed by atoms with Crippen LogP contribution in [0.2, 0.25) is 0 Å². The van der Waals surface area contributed by atoms with Crippen LogP contribution in [0, 0.1) is 11.6 Å². The van der Waals surface area contributed by atoms with Crippen molar-refractivity contribution in [1.29, 1.82) is 0 Å². The molecule has 0 bridgehead atoms.